The summed E-state index contributed by atoms with van der Waals surface area (Å²) in [5, 5.41) is 0.0852. The predicted molar refractivity (Wildman–Crippen MR) is 109 cm³/mol. The van der Waals surface area contributed by atoms with Crippen molar-refractivity contribution in [3.8, 4) is 0 Å². The molecule has 1 atom stereocenters. The second-order valence-corrected chi connectivity index (χ2v) is 12.2. The Bertz CT molecular complexity index is 1020. The SMILES string of the molecule is O=C(c1ccc(Cl)c(S(=O)(=O)NC2CC2)c1)N1CCN([C@H]2CCS(=O)(=O)C2)CC1. The maximum Gasteiger partial charge on any atom is 0.253 e. The zero-order chi connectivity index (χ0) is 20.8. The zero-order valence-electron chi connectivity index (χ0n) is 15.9. The molecule has 160 valence electrons. The van der Waals surface area contributed by atoms with Crippen LogP contribution in [-0.2, 0) is 19.9 Å². The first kappa shape index (κ1) is 21.0. The first-order chi connectivity index (χ1) is 13.6. The monoisotopic (exact) mass is 461 g/mol. The van der Waals surface area contributed by atoms with Crippen molar-refractivity contribution in [1.29, 1.82) is 0 Å². The molecule has 1 saturated carbocycles. The third-order valence-corrected chi connectivity index (χ3v) is 9.45. The number of carbonyl (C=O) groups excluding carboxylic acids is 1. The van der Waals surface area contributed by atoms with Crippen molar-refractivity contribution in [1.82, 2.24) is 14.5 Å². The van der Waals surface area contributed by atoms with E-state index in [9.17, 15) is 21.6 Å². The average Bonchev–Trinajstić information content (AvgIpc) is 3.40. The van der Waals surface area contributed by atoms with Crippen molar-refractivity contribution in [2.45, 2.75) is 36.2 Å². The molecule has 1 aromatic carbocycles. The summed E-state index contributed by atoms with van der Waals surface area (Å²) >= 11 is 6.09. The van der Waals surface area contributed by atoms with E-state index in [4.69, 9.17) is 11.6 Å². The van der Waals surface area contributed by atoms with Crippen LogP contribution >= 0.6 is 11.6 Å². The predicted octanol–water partition coefficient (Wildman–Crippen LogP) is 0.726. The lowest BCUT2D eigenvalue weighted by molar-refractivity contribution is 0.0587. The molecule has 0 bridgehead atoms. The van der Waals surface area contributed by atoms with Gasteiger partial charge in [-0.1, -0.05) is 11.6 Å². The number of hydrogen-bond donors (Lipinski definition) is 1. The molecule has 0 radical (unpaired) electrons. The van der Waals surface area contributed by atoms with Gasteiger partial charge in [0.1, 0.15) is 4.90 Å². The van der Waals surface area contributed by atoms with Crippen LogP contribution in [0.5, 0.6) is 0 Å². The number of nitrogens with zero attached hydrogens (tertiary/aromatic N) is 2. The largest absolute Gasteiger partial charge is 0.336 e. The second-order valence-electron chi connectivity index (χ2n) is 7.93. The fraction of sp³-hybridized carbons (Fsp3) is 0.611. The van der Waals surface area contributed by atoms with E-state index in [-0.39, 0.29) is 45.0 Å². The number of benzene rings is 1. The number of carbonyl (C=O) groups is 1. The van der Waals surface area contributed by atoms with Crippen molar-refractivity contribution in [3.05, 3.63) is 28.8 Å². The maximum absolute atomic E-state index is 12.9. The van der Waals surface area contributed by atoms with Gasteiger partial charge >= 0.3 is 0 Å². The number of nitrogens with one attached hydrogen (secondary N) is 1. The molecule has 1 N–H and O–H groups in total. The van der Waals surface area contributed by atoms with E-state index in [2.05, 4.69) is 9.62 Å². The fourth-order valence-electron chi connectivity index (χ4n) is 3.86. The van der Waals surface area contributed by atoms with Crippen LogP contribution in [0.4, 0.5) is 0 Å². The smallest absolute Gasteiger partial charge is 0.253 e. The van der Waals surface area contributed by atoms with Crippen molar-refractivity contribution in [2.24, 2.45) is 0 Å². The lowest BCUT2D eigenvalue weighted by Gasteiger charge is -2.37. The molecule has 1 amide bonds. The molecule has 2 heterocycles. The third kappa shape index (κ3) is 4.77. The Labute approximate surface area is 176 Å². The molecule has 2 aliphatic heterocycles. The summed E-state index contributed by atoms with van der Waals surface area (Å²) < 4.78 is 51.0. The normalized spacial score (nSPS) is 25.3. The Kier molecular flexibility index (Phi) is 5.67. The number of amides is 1. The number of rotatable bonds is 5. The van der Waals surface area contributed by atoms with E-state index in [1.165, 1.54) is 18.2 Å². The number of halogens is 1. The van der Waals surface area contributed by atoms with Gasteiger partial charge in [0.2, 0.25) is 10.0 Å². The number of sulfonamides is 1. The van der Waals surface area contributed by atoms with Crippen LogP contribution in [0.15, 0.2) is 23.1 Å². The topological polar surface area (TPSA) is 104 Å². The summed E-state index contributed by atoms with van der Waals surface area (Å²) in [6, 6.07) is 4.29. The van der Waals surface area contributed by atoms with Crippen molar-refractivity contribution >= 4 is 37.4 Å². The molecular weight excluding hydrogens is 438 g/mol. The number of sulfone groups is 1. The van der Waals surface area contributed by atoms with Crippen LogP contribution in [0.2, 0.25) is 5.02 Å². The van der Waals surface area contributed by atoms with Crippen molar-refractivity contribution in [3.63, 3.8) is 0 Å². The highest BCUT2D eigenvalue weighted by molar-refractivity contribution is 7.91. The quantitative estimate of drug-likeness (QED) is 0.693. The third-order valence-electron chi connectivity index (χ3n) is 5.69. The van der Waals surface area contributed by atoms with Gasteiger partial charge in [0.25, 0.3) is 5.91 Å². The Balaban J connectivity index is 1.43. The van der Waals surface area contributed by atoms with Crippen LogP contribution in [0, 0.1) is 0 Å². The molecule has 3 aliphatic rings. The molecule has 0 unspecified atom stereocenters. The molecule has 0 aromatic heterocycles. The van der Waals surface area contributed by atoms with E-state index in [1.807, 2.05) is 0 Å². The highest BCUT2D eigenvalue weighted by Crippen LogP contribution is 2.27. The second kappa shape index (κ2) is 7.81. The summed E-state index contributed by atoms with van der Waals surface area (Å²) in [7, 11) is -6.71. The summed E-state index contributed by atoms with van der Waals surface area (Å²) in [4.78, 5) is 16.6. The first-order valence-corrected chi connectivity index (χ1v) is 13.4. The fourth-order valence-corrected chi connectivity index (χ4v) is 7.45. The molecule has 4 rings (SSSR count). The minimum atomic E-state index is -3.76. The Hall–Kier alpha value is -1.20. The van der Waals surface area contributed by atoms with Gasteiger partial charge in [-0.25, -0.2) is 21.6 Å². The lowest BCUT2D eigenvalue weighted by Crippen LogP contribution is -2.52. The van der Waals surface area contributed by atoms with Crippen LogP contribution in [0.3, 0.4) is 0 Å². The minimum Gasteiger partial charge on any atom is -0.336 e. The van der Waals surface area contributed by atoms with Crippen LogP contribution in [0.1, 0.15) is 29.6 Å². The van der Waals surface area contributed by atoms with Crippen LogP contribution in [0.25, 0.3) is 0 Å². The van der Waals surface area contributed by atoms with Crippen molar-refractivity contribution in [2.75, 3.05) is 37.7 Å². The highest BCUT2D eigenvalue weighted by atomic mass is 35.5. The number of piperazine rings is 1. The zero-order valence-corrected chi connectivity index (χ0v) is 18.3. The minimum absolute atomic E-state index is 0.0260. The number of hydrogen-bond acceptors (Lipinski definition) is 6. The molecule has 11 heteroatoms. The summed E-state index contributed by atoms with van der Waals surface area (Å²) in [6.45, 7) is 2.16. The summed E-state index contributed by atoms with van der Waals surface area (Å²) in [5.41, 5.74) is 0.280. The molecule has 0 spiro atoms. The van der Waals surface area contributed by atoms with E-state index in [1.54, 1.807) is 4.90 Å². The lowest BCUT2D eigenvalue weighted by atomic mass is 10.1. The van der Waals surface area contributed by atoms with E-state index < -0.39 is 19.9 Å². The van der Waals surface area contributed by atoms with Gasteiger partial charge in [0.15, 0.2) is 9.84 Å². The molecule has 1 aliphatic carbocycles. The molecule has 2 saturated heterocycles. The van der Waals surface area contributed by atoms with Crippen LogP contribution < -0.4 is 4.72 Å². The molecule has 8 nitrogen and oxygen atoms in total. The van der Waals surface area contributed by atoms with E-state index in [0.717, 1.165) is 12.8 Å². The van der Waals surface area contributed by atoms with Gasteiger partial charge in [0, 0.05) is 43.8 Å². The van der Waals surface area contributed by atoms with Gasteiger partial charge in [0.05, 0.1) is 16.5 Å². The first-order valence-electron chi connectivity index (χ1n) is 9.70. The van der Waals surface area contributed by atoms with Crippen molar-refractivity contribution < 1.29 is 21.6 Å². The Morgan fingerprint density at radius 3 is 2.38 bits per heavy atom. The van der Waals surface area contributed by atoms with E-state index >= 15 is 0 Å². The molecular formula is C18H24ClN3O5S2. The summed E-state index contributed by atoms with van der Waals surface area (Å²) in [6.07, 6.45) is 2.26. The summed E-state index contributed by atoms with van der Waals surface area (Å²) in [5.74, 6) is 0.171. The van der Waals surface area contributed by atoms with Gasteiger partial charge in [-0.15, -0.1) is 0 Å². The highest BCUT2D eigenvalue weighted by Gasteiger charge is 2.35. The molecule has 29 heavy (non-hydrogen) atoms. The van der Waals surface area contributed by atoms with Gasteiger partial charge in [-0.05, 0) is 37.5 Å². The standard InChI is InChI=1S/C18H24ClN3O5S2/c19-16-4-1-13(11-17(16)29(26,27)20-14-2-3-14)18(23)22-8-6-21(7-9-22)15-5-10-28(24,25)12-15/h1,4,11,14-15,20H,2-3,5-10,12H2/t15-/m0/s1. The van der Waals surface area contributed by atoms with Gasteiger partial charge < -0.3 is 4.90 Å². The van der Waals surface area contributed by atoms with Gasteiger partial charge in [-0.3, -0.25) is 9.69 Å². The average molecular weight is 462 g/mol. The van der Waals surface area contributed by atoms with Crippen LogP contribution in [-0.4, -0.2) is 82.3 Å². The van der Waals surface area contributed by atoms with E-state index in [0.29, 0.717) is 32.6 Å². The Morgan fingerprint density at radius 1 is 1.10 bits per heavy atom. The van der Waals surface area contributed by atoms with Gasteiger partial charge in [-0.2, -0.15) is 0 Å². The molecule has 1 aromatic rings. The Morgan fingerprint density at radius 2 is 1.79 bits per heavy atom. The molecule has 3 fully saturated rings. The maximum atomic E-state index is 12.9.